The van der Waals surface area contributed by atoms with Gasteiger partial charge in [-0.3, -0.25) is 4.55 Å². The van der Waals surface area contributed by atoms with Crippen LogP contribution in [0.1, 0.15) is 109 Å². The third kappa shape index (κ3) is 11.7. The lowest BCUT2D eigenvalue weighted by Gasteiger charge is -2.08. The maximum absolute atomic E-state index is 11.4. The van der Waals surface area contributed by atoms with Crippen LogP contribution in [-0.2, 0) is 16.5 Å². The van der Waals surface area contributed by atoms with Crippen molar-refractivity contribution >= 4 is 10.1 Å². The van der Waals surface area contributed by atoms with Crippen molar-refractivity contribution < 1.29 is 18.1 Å². The first-order valence-electron chi connectivity index (χ1n) is 11.2. The molecule has 0 saturated carbocycles. The molecule has 0 radical (unpaired) electrons. The summed E-state index contributed by atoms with van der Waals surface area (Å²) in [6.07, 6.45) is 20.0. The molecule has 1 rings (SSSR count). The van der Waals surface area contributed by atoms with Crippen LogP contribution in [0.5, 0.6) is 5.75 Å². The Morgan fingerprint density at radius 2 is 1.14 bits per heavy atom. The van der Waals surface area contributed by atoms with E-state index in [0.29, 0.717) is 12.0 Å². The summed E-state index contributed by atoms with van der Waals surface area (Å²) in [6, 6.07) is 4.17. The van der Waals surface area contributed by atoms with Crippen LogP contribution in [0, 0.1) is 0 Å². The molecule has 0 saturated heterocycles. The first-order chi connectivity index (χ1) is 13.4. The first-order valence-corrected chi connectivity index (χ1v) is 12.7. The average molecular weight is 413 g/mol. The number of phenols is 1. The topological polar surface area (TPSA) is 74.6 Å². The zero-order chi connectivity index (χ0) is 20.7. The molecule has 0 aromatic heterocycles. The lowest BCUT2D eigenvalue weighted by atomic mass is 10.0. The molecule has 1 aromatic rings. The molecule has 2 N–H and O–H groups in total. The Balaban J connectivity index is 2.00. The van der Waals surface area contributed by atoms with E-state index in [4.69, 9.17) is 0 Å². The van der Waals surface area contributed by atoms with Crippen molar-refractivity contribution in [2.75, 3.05) is 0 Å². The molecule has 4 nitrogen and oxygen atoms in total. The van der Waals surface area contributed by atoms with E-state index >= 15 is 0 Å². The molecule has 0 heterocycles. The van der Waals surface area contributed by atoms with E-state index in [1.54, 1.807) is 6.07 Å². The van der Waals surface area contributed by atoms with Crippen LogP contribution in [0.3, 0.4) is 0 Å². The Morgan fingerprint density at radius 3 is 1.57 bits per heavy atom. The minimum absolute atomic E-state index is 0.145. The highest BCUT2D eigenvalue weighted by Gasteiger charge is 2.15. The summed E-state index contributed by atoms with van der Waals surface area (Å²) in [5, 5.41) is 9.43. The highest BCUT2D eigenvalue weighted by molar-refractivity contribution is 7.85. The van der Waals surface area contributed by atoms with Gasteiger partial charge in [0.2, 0.25) is 0 Å². The molecule has 162 valence electrons. The molecule has 28 heavy (non-hydrogen) atoms. The Morgan fingerprint density at radius 1 is 0.714 bits per heavy atom. The van der Waals surface area contributed by atoms with Crippen LogP contribution in [-0.4, -0.2) is 18.1 Å². The molecular weight excluding hydrogens is 372 g/mol. The van der Waals surface area contributed by atoms with Crippen molar-refractivity contribution in [3.8, 4) is 5.75 Å². The second-order valence-electron chi connectivity index (χ2n) is 7.97. The maximum atomic E-state index is 11.4. The molecule has 0 aliphatic carbocycles. The van der Waals surface area contributed by atoms with E-state index in [1.807, 2.05) is 0 Å². The van der Waals surface area contributed by atoms with E-state index in [9.17, 15) is 18.1 Å². The normalized spacial score (nSPS) is 11.8. The largest absolute Gasteiger partial charge is 0.508 e. The highest BCUT2D eigenvalue weighted by Crippen LogP contribution is 2.23. The fraction of sp³-hybridized carbons (Fsp3) is 0.739. The van der Waals surface area contributed by atoms with Crippen molar-refractivity contribution in [2.45, 2.75) is 115 Å². The molecule has 0 aliphatic heterocycles. The molecule has 0 amide bonds. The summed E-state index contributed by atoms with van der Waals surface area (Å²) in [5.74, 6) is -0.145. The smallest absolute Gasteiger partial charge is 0.294 e. The van der Waals surface area contributed by atoms with Crippen LogP contribution >= 0.6 is 0 Å². The van der Waals surface area contributed by atoms with Crippen molar-refractivity contribution in [1.29, 1.82) is 0 Å². The number of unbranched alkanes of at least 4 members (excludes halogenated alkanes) is 14. The lowest BCUT2D eigenvalue weighted by Crippen LogP contribution is -2.03. The van der Waals surface area contributed by atoms with Crippen LogP contribution in [0.15, 0.2) is 23.1 Å². The average Bonchev–Trinajstić information content (AvgIpc) is 2.65. The van der Waals surface area contributed by atoms with E-state index in [0.717, 1.165) is 25.3 Å². The lowest BCUT2D eigenvalue weighted by molar-refractivity contribution is 0.464. The zero-order valence-corrected chi connectivity index (χ0v) is 18.5. The van der Waals surface area contributed by atoms with Gasteiger partial charge in [0.15, 0.2) is 0 Å². The van der Waals surface area contributed by atoms with E-state index in [1.165, 1.54) is 83.1 Å². The third-order valence-corrected chi connectivity index (χ3v) is 6.31. The van der Waals surface area contributed by atoms with Crippen molar-refractivity contribution in [3.05, 3.63) is 23.8 Å². The summed E-state index contributed by atoms with van der Waals surface area (Å²) in [6.45, 7) is 2.26. The predicted molar refractivity (Wildman–Crippen MR) is 117 cm³/mol. The van der Waals surface area contributed by atoms with Crippen molar-refractivity contribution in [3.63, 3.8) is 0 Å². The van der Waals surface area contributed by atoms with Gasteiger partial charge in [-0.25, -0.2) is 0 Å². The van der Waals surface area contributed by atoms with Gasteiger partial charge in [-0.2, -0.15) is 8.42 Å². The van der Waals surface area contributed by atoms with Gasteiger partial charge in [-0.05, 0) is 24.5 Å². The van der Waals surface area contributed by atoms with Gasteiger partial charge >= 0.3 is 0 Å². The Kier molecular flexibility index (Phi) is 13.3. The third-order valence-electron chi connectivity index (χ3n) is 5.38. The number of hydrogen-bond acceptors (Lipinski definition) is 3. The molecule has 0 unspecified atom stereocenters. The summed E-state index contributed by atoms with van der Waals surface area (Å²) >= 11 is 0. The molecule has 0 aliphatic rings. The van der Waals surface area contributed by atoms with Crippen LogP contribution in [0.4, 0.5) is 0 Å². The van der Waals surface area contributed by atoms with E-state index < -0.39 is 10.1 Å². The Hall–Kier alpha value is -1.07. The van der Waals surface area contributed by atoms with Gasteiger partial charge in [-0.15, -0.1) is 0 Å². The molecule has 0 spiro atoms. The minimum Gasteiger partial charge on any atom is -0.508 e. The highest BCUT2D eigenvalue weighted by atomic mass is 32.2. The molecule has 0 bridgehead atoms. The van der Waals surface area contributed by atoms with Gasteiger partial charge < -0.3 is 5.11 Å². The number of phenolic OH excluding ortho intramolecular Hbond substituents is 1. The molecule has 1 aromatic carbocycles. The number of aryl methyl sites for hydroxylation is 1. The zero-order valence-electron chi connectivity index (χ0n) is 17.7. The number of aromatic hydroxyl groups is 1. The van der Waals surface area contributed by atoms with Crippen molar-refractivity contribution in [2.24, 2.45) is 0 Å². The summed E-state index contributed by atoms with van der Waals surface area (Å²) in [5.41, 5.74) is 0.579. The second kappa shape index (κ2) is 14.9. The van der Waals surface area contributed by atoms with E-state index in [-0.39, 0.29) is 10.6 Å². The molecule has 5 heteroatoms. The van der Waals surface area contributed by atoms with Gasteiger partial charge in [0, 0.05) is 6.07 Å². The Bertz CT molecular complexity index is 625. The van der Waals surface area contributed by atoms with Crippen LogP contribution in [0.25, 0.3) is 0 Å². The second-order valence-corrected chi connectivity index (χ2v) is 9.36. The summed E-state index contributed by atoms with van der Waals surface area (Å²) in [7, 11) is -4.29. The molecular formula is C23H40O4S. The van der Waals surface area contributed by atoms with Gasteiger partial charge in [0.1, 0.15) is 10.6 Å². The standard InChI is InChI=1S/C23H40O4S/c1-2-3-4-5-6-7-8-9-10-11-12-13-14-15-16-17-21-18-19-22(24)20-23(21)28(25,26)27/h18-20,24H,2-17H2,1H3,(H,25,26,27). The fourth-order valence-corrected chi connectivity index (χ4v) is 4.45. The molecule has 0 atom stereocenters. The van der Waals surface area contributed by atoms with E-state index in [2.05, 4.69) is 6.92 Å². The monoisotopic (exact) mass is 412 g/mol. The predicted octanol–water partition coefficient (Wildman–Crippen LogP) is 7.05. The van der Waals surface area contributed by atoms with Crippen molar-refractivity contribution in [1.82, 2.24) is 0 Å². The number of benzene rings is 1. The SMILES string of the molecule is CCCCCCCCCCCCCCCCCc1ccc(O)cc1S(=O)(=O)O. The molecule has 0 fully saturated rings. The van der Waals surface area contributed by atoms with Gasteiger partial charge in [0.05, 0.1) is 0 Å². The first kappa shape index (κ1) is 25.0. The van der Waals surface area contributed by atoms with Gasteiger partial charge in [-0.1, -0.05) is 103 Å². The minimum atomic E-state index is -4.29. The fourth-order valence-electron chi connectivity index (χ4n) is 3.68. The number of hydrogen-bond donors (Lipinski definition) is 2. The van der Waals surface area contributed by atoms with Gasteiger partial charge in [0.25, 0.3) is 10.1 Å². The summed E-state index contributed by atoms with van der Waals surface area (Å²) in [4.78, 5) is -0.169. The number of rotatable bonds is 17. The quantitative estimate of drug-likeness (QED) is 0.212. The summed E-state index contributed by atoms with van der Waals surface area (Å²) < 4.78 is 32.1. The Labute approximate surface area is 172 Å². The van der Waals surface area contributed by atoms with Crippen LogP contribution < -0.4 is 0 Å². The van der Waals surface area contributed by atoms with Crippen LogP contribution in [0.2, 0.25) is 0 Å². The maximum Gasteiger partial charge on any atom is 0.294 e.